The van der Waals surface area contributed by atoms with E-state index in [-0.39, 0.29) is 11.5 Å². The van der Waals surface area contributed by atoms with E-state index < -0.39 is 27.8 Å². The van der Waals surface area contributed by atoms with Crippen LogP contribution in [0.2, 0.25) is 0 Å². The molecule has 0 bridgehead atoms. The third-order valence-corrected chi connectivity index (χ3v) is 7.21. The van der Waals surface area contributed by atoms with Crippen molar-refractivity contribution in [3.8, 4) is 5.75 Å². The van der Waals surface area contributed by atoms with Gasteiger partial charge in [0, 0.05) is 6.20 Å². The molecule has 0 radical (unpaired) electrons. The highest BCUT2D eigenvalue weighted by molar-refractivity contribution is 7.92. The number of sulfone groups is 1. The summed E-state index contributed by atoms with van der Waals surface area (Å²) in [5, 5.41) is 29.0. The molecule has 6 nitrogen and oxygen atoms in total. The molecule has 0 aliphatic carbocycles. The summed E-state index contributed by atoms with van der Waals surface area (Å²) in [6, 6.07) is 12.4. The van der Waals surface area contributed by atoms with Crippen LogP contribution in [0.4, 0.5) is 0 Å². The molecule has 0 amide bonds. The van der Waals surface area contributed by atoms with Crippen LogP contribution in [0, 0.1) is 0 Å². The molecule has 2 atom stereocenters. The van der Waals surface area contributed by atoms with E-state index >= 15 is 0 Å². The lowest BCUT2D eigenvalue weighted by Crippen LogP contribution is -2.29. The van der Waals surface area contributed by atoms with Gasteiger partial charge < -0.3 is 15.3 Å². The number of benzene rings is 1. The van der Waals surface area contributed by atoms with E-state index in [4.69, 9.17) is 0 Å². The molecule has 2 aromatic rings. The Morgan fingerprint density at radius 2 is 2.07 bits per heavy atom. The van der Waals surface area contributed by atoms with Gasteiger partial charge in [0.25, 0.3) is 0 Å². The van der Waals surface area contributed by atoms with Crippen LogP contribution < -0.4 is 0 Å². The molecule has 29 heavy (non-hydrogen) atoms. The Kier molecular flexibility index (Phi) is 6.52. The molecule has 7 heteroatoms. The Balaban J connectivity index is 1.85. The molecule has 3 rings (SSSR count). The summed E-state index contributed by atoms with van der Waals surface area (Å²) in [6.07, 6.45) is 3.34. The van der Waals surface area contributed by atoms with E-state index in [0.717, 1.165) is 16.8 Å². The lowest BCUT2D eigenvalue weighted by Gasteiger charge is -2.19. The van der Waals surface area contributed by atoms with Crippen LogP contribution in [-0.4, -0.2) is 52.4 Å². The van der Waals surface area contributed by atoms with Gasteiger partial charge in [0.05, 0.1) is 24.2 Å². The summed E-state index contributed by atoms with van der Waals surface area (Å²) >= 11 is 0. The first-order valence-electron chi connectivity index (χ1n) is 9.43. The highest BCUT2D eigenvalue weighted by Gasteiger charge is 2.39. The summed E-state index contributed by atoms with van der Waals surface area (Å²) < 4.78 is 24.4. The first-order chi connectivity index (χ1) is 13.8. The molecule has 1 aromatic heterocycles. The summed E-state index contributed by atoms with van der Waals surface area (Å²) in [5.74, 6) is 0.0264. The second kappa shape index (κ2) is 8.90. The number of hydrogen-bond donors (Lipinski definition) is 3. The van der Waals surface area contributed by atoms with Gasteiger partial charge in [-0.05, 0) is 66.8 Å². The maximum atomic E-state index is 12.2. The fourth-order valence-corrected chi connectivity index (χ4v) is 5.70. The number of hydrogen-bond acceptors (Lipinski definition) is 6. The lowest BCUT2D eigenvalue weighted by molar-refractivity contribution is 0.190. The van der Waals surface area contributed by atoms with E-state index in [1.165, 1.54) is 0 Å². The predicted octanol–water partition coefficient (Wildman–Crippen LogP) is 2.57. The molecule has 0 saturated heterocycles. The number of aliphatic hydroxyl groups is 2. The minimum atomic E-state index is -3.46. The quantitative estimate of drug-likeness (QED) is 0.600. The highest BCUT2D eigenvalue weighted by Crippen LogP contribution is 2.32. The third-order valence-electron chi connectivity index (χ3n) is 5.11. The average molecular weight is 416 g/mol. The normalized spacial score (nSPS) is 20.1. The van der Waals surface area contributed by atoms with Crippen molar-refractivity contribution in [2.24, 2.45) is 0 Å². The van der Waals surface area contributed by atoms with Gasteiger partial charge in [-0.2, -0.15) is 0 Å². The second-order valence-electron chi connectivity index (χ2n) is 7.25. The molecule has 0 unspecified atom stereocenters. The fraction of sp³-hybridized carbons (Fsp3) is 0.318. The Hall–Kier alpha value is -2.48. The van der Waals surface area contributed by atoms with Crippen LogP contribution in [0.5, 0.6) is 5.75 Å². The molecule has 0 fully saturated rings. The minimum Gasteiger partial charge on any atom is -0.508 e. The molecular formula is C22H25NO5S. The van der Waals surface area contributed by atoms with Crippen molar-refractivity contribution in [3.63, 3.8) is 0 Å². The molecular weight excluding hydrogens is 390 g/mol. The number of pyridine rings is 1. The highest BCUT2D eigenvalue weighted by atomic mass is 32.2. The van der Waals surface area contributed by atoms with Crippen molar-refractivity contribution in [1.29, 1.82) is 0 Å². The summed E-state index contributed by atoms with van der Waals surface area (Å²) in [5.41, 5.74) is 3.41. The van der Waals surface area contributed by atoms with E-state index in [2.05, 4.69) is 4.98 Å². The monoisotopic (exact) mass is 415 g/mol. The smallest absolute Gasteiger partial charge is 0.163 e. The van der Waals surface area contributed by atoms with Gasteiger partial charge in [0.2, 0.25) is 0 Å². The lowest BCUT2D eigenvalue weighted by atomic mass is 9.94. The van der Waals surface area contributed by atoms with Gasteiger partial charge in [-0.15, -0.1) is 0 Å². The van der Waals surface area contributed by atoms with Gasteiger partial charge in [-0.1, -0.05) is 23.8 Å². The van der Waals surface area contributed by atoms with Gasteiger partial charge in [-0.3, -0.25) is 4.98 Å². The second-order valence-corrected chi connectivity index (χ2v) is 9.43. The van der Waals surface area contributed by atoms with Crippen molar-refractivity contribution in [2.45, 2.75) is 31.1 Å². The van der Waals surface area contributed by atoms with E-state index in [1.807, 2.05) is 30.3 Å². The maximum absolute atomic E-state index is 12.2. The molecule has 0 spiro atoms. The Labute approximate surface area is 170 Å². The molecule has 154 valence electrons. The van der Waals surface area contributed by atoms with Crippen molar-refractivity contribution >= 4 is 21.5 Å². The number of rotatable bonds is 7. The number of aromatic nitrogens is 1. The maximum Gasteiger partial charge on any atom is 0.163 e. The van der Waals surface area contributed by atoms with Gasteiger partial charge >= 0.3 is 0 Å². The van der Waals surface area contributed by atoms with Crippen molar-refractivity contribution in [1.82, 2.24) is 4.98 Å². The first-order valence-corrected chi connectivity index (χ1v) is 11.1. The standard InChI is InChI=1S/C22H25NO5S/c1-15-14-29(27,28)21(13-24)22(15)20(26)9-8-17(19-7-2-3-10-23-19)11-16-5-4-6-18(25)12-16/h2-7,10-12,20-21,24-26H,8-9,13-14H2,1H3/b17-11-/t20-,21+/m1/s1. The van der Waals surface area contributed by atoms with Crippen LogP contribution in [0.3, 0.4) is 0 Å². The van der Waals surface area contributed by atoms with Crippen molar-refractivity contribution < 1.29 is 23.7 Å². The van der Waals surface area contributed by atoms with Crippen molar-refractivity contribution in [3.05, 3.63) is 71.1 Å². The Morgan fingerprint density at radius 3 is 2.72 bits per heavy atom. The zero-order chi connectivity index (χ0) is 21.0. The number of phenols is 1. The largest absolute Gasteiger partial charge is 0.508 e. The molecule has 2 heterocycles. The topological polar surface area (TPSA) is 108 Å². The van der Waals surface area contributed by atoms with E-state index in [9.17, 15) is 23.7 Å². The van der Waals surface area contributed by atoms with Crippen LogP contribution in [0.25, 0.3) is 11.6 Å². The van der Waals surface area contributed by atoms with Gasteiger partial charge in [0.15, 0.2) is 9.84 Å². The average Bonchev–Trinajstić information content (AvgIpc) is 2.93. The molecule has 1 aliphatic heterocycles. The third kappa shape index (κ3) is 4.93. The SMILES string of the molecule is CC1=C([C@H](O)CC/C(=C/c2cccc(O)c2)c2ccccn2)[C@H](CO)S(=O)(=O)C1. The Bertz CT molecular complexity index is 1030. The zero-order valence-electron chi connectivity index (χ0n) is 16.2. The number of aromatic hydroxyl groups is 1. The van der Waals surface area contributed by atoms with Crippen LogP contribution in [0.1, 0.15) is 31.0 Å². The zero-order valence-corrected chi connectivity index (χ0v) is 17.0. The van der Waals surface area contributed by atoms with Crippen LogP contribution >= 0.6 is 0 Å². The number of phenolic OH excluding ortho intramolecular Hbond substituents is 1. The van der Waals surface area contributed by atoms with Gasteiger partial charge in [-0.25, -0.2) is 8.42 Å². The molecule has 1 aliphatic rings. The molecule has 0 saturated carbocycles. The summed E-state index contributed by atoms with van der Waals surface area (Å²) in [4.78, 5) is 4.38. The molecule has 1 aromatic carbocycles. The van der Waals surface area contributed by atoms with Crippen LogP contribution in [0.15, 0.2) is 59.8 Å². The number of allylic oxidation sites excluding steroid dienone is 1. The summed E-state index contributed by atoms with van der Waals surface area (Å²) in [7, 11) is -3.46. The molecule has 3 N–H and O–H groups in total. The van der Waals surface area contributed by atoms with E-state index in [1.54, 1.807) is 31.3 Å². The summed E-state index contributed by atoms with van der Waals surface area (Å²) in [6.45, 7) is 1.16. The van der Waals surface area contributed by atoms with Crippen LogP contribution in [-0.2, 0) is 9.84 Å². The first kappa shape index (κ1) is 21.2. The van der Waals surface area contributed by atoms with Gasteiger partial charge in [0.1, 0.15) is 11.0 Å². The fourth-order valence-electron chi connectivity index (χ4n) is 3.76. The number of nitrogens with zero attached hydrogens (tertiary/aromatic N) is 1. The minimum absolute atomic E-state index is 0.128. The predicted molar refractivity (Wildman–Crippen MR) is 113 cm³/mol. The van der Waals surface area contributed by atoms with Crippen molar-refractivity contribution in [2.75, 3.05) is 12.4 Å². The Morgan fingerprint density at radius 1 is 1.28 bits per heavy atom. The number of aliphatic hydroxyl groups excluding tert-OH is 2. The van der Waals surface area contributed by atoms with E-state index in [0.29, 0.717) is 24.0 Å².